The van der Waals surface area contributed by atoms with Crippen molar-refractivity contribution in [1.29, 1.82) is 0 Å². The molecule has 1 aromatic carbocycles. The molecule has 1 aliphatic rings. The van der Waals surface area contributed by atoms with Crippen molar-refractivity contribution in [1.82, 2.24) is 15.2 Å². The van der Waals surface area contributed by atoms with E-state index in [0.29, 0.717) is 23.6 Å². The summed E-state index contributed by atoms with van der Waals surface area (Å²) in [6.07, 6.45) is 1.82. The standard InChI is InChI=1S/C20H26N4O3/c1-23-8-10-24(11-9-23)19-7-4-15(13-21-19)14-22-20(25)17-6-5-16(26-2)12-18(17)27-3/h4-7,12-13H,8-11,14H2,1-3H3,(H,22,25). The number of anilines is 1. The zero-order valence-electron chi connectivity index (χ0n) is 16.1. The van der Waals surface area contributed by atoms with Crippen LogP contribution in [0.4, 0.5) is 5.82 Å². The zero-order chi connectivity index (χ0) is 19.2. The highest BCUT2D eigenvalue weighted by molar-refractivity contribution is 5.97. The van der Waals surface area contributed by atoms with Gasteiger partial charge in [0.15, 0.2) is 0 Å². The van der Waals surface area contributed by atoms with Crippen molar-refractivity contribution >= 4 is 11.7 Å². The maximum absolute atomic E-state index is 12.5. The average Bonchev–Trinajstić information content (AvgIpc) is 2.72. The van der Waals surface area contributed by atoms with Crippen LogP contribution in [0.1, 0.15) is 15.9 Å². The Kier molecular flexibility index (Phi) is 6.13. The minimum atomic E-state index is -0.197. The first-order valence-corrected chi connectivity index (χ1v) is 8.99. The minimum Gasteiger partial charge on any atom is -0.497 e. The van der Waals surface area contributed by atoms with Crippen LogP contribution in [-0.2, 0) is 6.54 Å². The number of hydrogen-bond acceptors (Lipinski definition) is 6. The Balaban J connectivity index is 1.59. The number of rotatable bonds is 6. The molecular formula is C20H26N4O3. The van der Waals surface area contributed by atoms with Gasteiger partial charge >= 0.3 is 0 Å². The maximum Gasteiger partial charge on any atom is 0.255 e. The molecule has 1 amide bonds. The van der Waals surface area contributed by atoms with Gasteiger partial charge in [0.25, 0.3) is 5.91 Å². The van der Waals surface area contributed by atoms with E-state index in [1.807, 2.05) is 18.3 Å². The van der Waals surface area contributed by atoms with Gasteiger partial charge in [-0.2, -0.15) is 0 Å². The second-order valence-corrected chi connectivity index (χ2v) is 6.56. The second-order valence-electron chi connectivity index (χ2n) is 6.56. The summed E-state index contributed by atoms with van der Waals surface area (Å²) in [5, 5.41) is 2.91. The van der Waals surface area contributed by atoms with Gasteiger partial charge in [0.1, 0.15) is 17.3 Å². The molecule has 27 heavy (non-hydrogen) atoms. The van der Waals surface area contributed by atoms with Crippen LogP contribution in [-0.4, -0.2) is 63.2 Å². The Morgan fingerprint density at radius 3 is 2.52 bits per heavy atom. The van der Waals surface area contributed by atoms with Crippen molar-refractivity contribution in [2.24, 2.45) is 0 Å². The van der Waals surface area contributed by atoms with Crippen molar-refractivity contribution in [3.63, 3.8) is 0 Å². The Bertz CT molecular complexity index is 771. The molecule has 0 radical (unpaired) electrons. The summed E-state index contributed by atoms with van der Waals surface area (Å²) in [6.45, 7) is 4.46. The Morgan fingerprint density at radius 1 is 1.11 bits per heavy atom. The third-order valence-electron chi connectivity index (χ3n) is 4.74. The van der Waals surface area contributed by atoms with Gasteiger partial charge in [-0.1, -0.05) is 6.07 Å². The fourth-order valence-corrected chi connectivity index (χ4v) is 3.01. The summed E-state index contributed by atoms with van der Waals surface area (Å²) in [5.41, 5.74) is 1.43. The van der Waals surface area contributed by atoms with E-state index in [1.54, 1.807) is 25.3 Å². The molecule has 3 rings (SSSR count). The number of hydrogen-bond donors (Lipinski definition) is 1. The van der Waals surface area contributed by atoms with Gasteiger partial charge in [-0.05, 0) is 30.8 Å². The highest BCUT2D eigenvalue weighted by Crippen LogP contribution is 2.24. The quantitative estimate of drug-likeness (QED) is 0.836. The van der Waals surface area contributed by atoms with Gasteiger partial charge in [0.2, 0.25) is 0 Å². The predicted octanol–water partition coefficient (Wildman–Crippen LogP) is 1.78. The van der Waals surface area contributed by atoms with Gasteiger partial charge in [-0.15, -0.1) is 0 Å². The van der Waals surface area contributed by atoms with Crippen LogP contribution in [0.2, 0.25) is 0 Å². The number of ether oxygens (including phenoxy) is 2. The van der Waals surface area contributed by atoms with Crippen LogP contribution in [0, 0.1) is 0 Å². The largest absolute Gasteiger partial charge is 0.497 e. The third kappa shape index (κ3) is 4.68. The minimum absolute atomic E-state index is 0.197. The van der Waals surface area contributed by atoms with E-state index >= 15 is 0 Å². The lowest BCUT2D eigenvalue weighted by molar-refractivity contribution is 0.0948. The number of methoxy groups -OCH3 is 2. The summed E-state index contributed by atoms with van der Waals surface area (Å²) in [4.78, 5) is 21.6. The van der Waals surface area contributed by atoms with E-state index in [9.17, 15) is 4.79 Å². The lowest BCUT2D eigenvalue weighted by Gasteiger charge is -2.33. The first-order chi connectivity index (χ1) is 13.1. The monoisotopic (exact) mass is 370 g/mol. The van der Waals surface area contributed by atoms with E-state index in [2.05, 4.69) is 27.1 Å². The van der Waals surface area contributed by atoms with Crippen LogP contribution in [0.15, 0.2) is 36.5 Å². The molecule has 2 heterocycles. The molecular weight excluding hydrogens is 344 g/mol. The number of nitrogens with one attached hydrogen (secondary N) is 1. The third-order valence-corrected chi connectivity index (χ3v) is 4.74. The fraction of sp³-hybridized carbons (Fsp3) is 0.400. The average molecular weight is 370 g/mol. The fourth-order valence-electron chi connectivity index (χ4n) is 3.01. The molecule has 1 N–H and O–H groups in total. The van der Waals surface area contributed by atoms with E-state index in [4.69, 9.17) is 9.47 Å². The first kappa shape index (κ1) is 19.0. The Hall–Kier alpha value is -2.80. The summed E-state index contributed by atoms with van der Waals surface area (Å²) in [7, 11) is 5.24. The molecule has 0 aliphatic carbocycles. The summed E-state index contributed by atoms with van der Waals surface area (Å²) >= 11 is 0. The molecule has 1 saturated heterocycles. The predicted molar refractivity (Wildman–Crippen MR) is 105 cm³/mol. The molecule has 0 unspecified atom stereocenters. The molecule has 1 aliphatic heterocycles. The van der Waals surface area contributed by atoms with E-state index < -0.39 is 0 Å². The number of carbonyl (C=O) groups excluding carboxylic acids is 1. The van der Waals surface area contributed by atoms with Gasteiger partial charge < -0.3 is 24.6 Å². The van der Waals surface area contributed by atoms with Crippen LogP contribution in [0.3, 0.4) is 0 Å². The van der Waals surface area contributed by atoms with Gasteiger partial charge in [0, 0.05) is 45.0 Å². The van der Waals surface area contributed by atoms with Crippen molar-refractivity contribution in [3.8, 4) is 11.5 Å². The summed E-state index contributed by atoms with van der Waals surface area (Å²) in [5.74, 6) is 1.91. The van der Waals surface area contributed by atoms with E-state index in [0.717, 1.165) is 37.6 Å². The Morgan fingerprint density at radius 2 is 1.89 bits per heavy atom. The number of likely N-dealkylation sites (N-methyl/N-ethyl adjacent to an activating group) is 1. The molecule has 7 nitrogen and oxygen atoms in total. The second kappa shape index (κ2) is 8.73. The number of benzene rings is 1. The number of nitrogens with zero attached hydrogens (tertiary/aromatic N) is 3. The molecule has 0 bridgehead atoms. The lowest BCUT2D eigenvalue weighted by Crippen LogP contribution is -2.44. The molecule has 2 aromatic rings. The van der Waals surface area contributed by atoms with Crippen LogP contribution in [0.5, 0.6) is 11.5 Å². The van der Waals surface area contributed by atoms with Crippen molar-refractivity contribution in [2.45, 2.75) is 6.54 Å². The number of amides is 1. The number of pyridine rings is 1. The van der Waals surface area contributed by atoms with Crippen molar-refractivity contribution in [2.75, 3.05) is 52.3 Å². The Labute approximate surface area is 159 Å². The SMILES string of the molecule is COc1ccc(C(=O)NCc2ccc(N3CCN(C)CC3)nc2)c(OC)c1. The maximum atomic E-state index is 12.5. The van der Waals surface area contributed by atoms with Crippen LogP contribution < -0.4 is 19.7 Å². The highest BCUT2D eigenvalue weighted by atomic mass is 16.5. The normalized spacial score (nSPS) is 14.7. The first-order valence-electron chi connectivity index (χ1n) is 8.99. The molecule has 1 fully saturated rings. The smallest absolute Gasteiger partial charge is 0.255 e. The molecule has 7 heteroatoms. The molecule has 0 spiro atoms. The van der Waals surface area contributed by atoms with Gasteiger partial charge in [-0.25, -0.2) is 4.98 Å². The van der Waals surface area contributed by atoms with Gasteiger partial charge in [-0.3, -0.25) is 4.79 Å². The van der Waals surface area contributed by atoms with Crippen LogP contribution in [0.25, 0.3) is 0 Å². The van der Waals surface area contributed by atoms with E-state index in [-0.39, 0.29) is 5.91 Å². The van der Waals surface area contributed by atoms with Crippen molar-refractivity contribution < 1.29 is 14.3 Å². The van der Waals surface area contributed by atoms with Gasteiger partial charge in [0.05, 0.1) is 19.8 Å². The summed E-state index contributed by atoms with van der Waals surface area (Å²) in [6, 6.07) is 9.15. The van der Waals surface area contributed by atoms with Crippen molar-refractivity contribution in [3.05, 3.63) is 47.7 Å². The molecule has 0 atom stereocenters. The number of carbonyl (C=O) groups is 1. The molecule has 0 saturated carbocycles. The van der Waals surface area contributed by atoms with E-state index in [1.165, 1.54) is 7.11 Å². The number of piperazine rings is 1. The number of aromatic nitrogens is 1. The van der Waals surface area contributed by atoms with Crippen LogP contribution >= 0.6 is 0 Å². The lowest BCUT2D eigenvalue weighted by atomic mass is 10.1. The topological polar surface area (TPSA) is 66.9 Å². The zero-order valence-corrected chi connectivity index (χ0v) is 16.1. The molecule has 144 valence electrons. The highest BCUT2D eigenvalue weighted by Gasteiger charge is 2.16. The molecule has 1 aromatic heterocycles. The summed E-state index contributed by atoms with van der Waals surface area (Å²) < 4.78 is 10.5.